The van der Waals surface area contributed by atoms with Crippen LogP contribution in [0.15, 0.2) is 42.6 Å². The van der Waals surface area contributed by atoms with E-state index in [1.165, 1.54) is 23.2 Å². The van der Waals surface area contributed by atoms with E-state index in [0.717, 1.165) is 17.1 Å². The number of methoxy groups -OCH3 is 1. The molecule has 10 heteroatoms. The maximum Gasteiger partial charge on any atom is 0.257 e. The van der Waals surface area contributed by atoms with E-state index in [9.17, 15) is 4.79 Å². The standard InChI is InChI=1S/C26H26N8O2/c1-33-14-22-23(26(33)35)21(12-18(28-22)11-17-10-9-16(13-27-17)15-7-8-15)29-20-6-4-5-19(24(20)36-3)25-30-32-34(2)31-25/h4-6,9-10,12-13,15H,7-8,11,14H2,1-3H3,(H,28,29). The summed E-state index contributed by atoms with van der Waals surface area (Å²) < 4.78 is 5.74. The van der Waals surface area contributed by atoms with Crippen LogP contribution >= 0.6 is 0 Å². The van der Waals surface area contributed by atoms with E-state index >= 15 is 0 Å². The van der Waals surface area contributed by atoms with Gasteiger partial charge >= 0.3 is 0 Å². The van der Waals surface area contributed by atoms with Crippen LogP contribution in [0.5, 0.6) is 5.75 Å². The molecule has 6 rings (SSSR count). The molecule has 0 unspecified atom stereocenters. The highest BCUT2D eigenvalue weighted by atomic mass is 16.5. The number of nitrogens with zero attached hydrogens (tertiary/aromatic N) is 7. The lowest BCUT2D eigenvalue weighted by Crippen LogP contribution is -2.18. The number of aryl methyl sites for hydroxylation is 1. The SMILES string of the molecule is COc1c(Nc2cc(Cc3ccc(C4CC4)cn3)nc3c2C(=O)N(C)C3)cccc1-c1nnn(C)n1. The molecule has 0 saturated heterocycles. The highest BCUT2D eigenvalue weighted by Gasteiger charge is 2.30. The van der Waals surface area contributed by atoms with Gasteiger partial charge in [0, 0.05) is 31.1 Å². The summed E-state index contributed by atoms with van der Waals surface area (Å²) in [7, 11) is 5.09. The second-order valence-electron chi connectivity index (χ2n) is 9.29. The summed E-state index contributed by atoms with van der Waals surface area (Å²) in [6.45, 7) is 0.464. The van der Waals surface area contributed by atoms with Crippen LogP contribution in [-0.2, 0) is 20.0 Å². The number of aromatic nitrogens is 6. The van der Waals surface area contributed by atoms with Crippen LogP contribution in [-0.4, -0.2) is 55.1 Å². The first-order valence-electron chi connectivity index (χ1n) is 11.9. The Labute approximate surface area is 208 Å². The van der Waals surface area contributed by atoms with Crippen molar-refractivity contribution >= 4 is 17.3 Å². The maximum absolute atomic E-state index is 13.0. The van der Waals surface area contributed by atoms with Gasteiger partial charge in [0.1, 0.15) is 0 Å². The highest BCUT2D eigenvalue weighted by Crippen LogP contribution is 2.40. The van der Waals surface area contributed by atoms with Crippen molar-refractivity contribution < 1.29 is 9.53 Å². The lowest BCUT2D eigenvalue weighted by Gasteiger charge is -2.16. The molecular weight excluding hydrogens is 456 g/mol. The molecule has 2 aliphatic rings. The van der Waals surface area contributed by atoms with Crippen LogP contribution in [0.2, 0.25) is 0 Å². The molecule has 1 aromatic carbocycles. The van der Waals surface area contributed by atoms with Crippen LogP contribution in [0.1, 0.15) is 51.8 Å². The Morgan fingerprint density at radius 2 is 1.97 bits per heavy atom. The predicted octanol–water partition coefficient (Wildman–Crippen LogP) is 3.47. The van der Waals surface area contributed by atoms with Gasteiger partial charge in [-0.1, -0.05) is 12.1 Å². The molecule has 1 aliphatic heterocycles. The number of hydrogen-bond donors (Lipinski definition) is 1. The van der Waals surface area contributed by atoms with Gasteiger partial charge in [0.15, 0.2) is 5.75 Å². The molecule has 1 saturated carbocycles. The van der Waals surface area contributed by atoms with E-state index < -0.39 is 0 Å². The monoisotopic (exact) mass is 482 g/mol. The minimum absolute atomic E-state index is 0.0656. The Morgan fingerprint density at radius 3 is 2.67 bits per heavy atom. The summed E-state index contributed by atoms with van der Waals surface area (Å²) in [6.07, 6.45) is 5.06. The second kappa shape index (κ2) is 8.71. The van der Waals surface area contributed by atoms with Gasteiger partial charge in [0.25, 0.3) is 5.91 Å². The first kappa shape index (κ1) is 22.1. The maximum atomic E-state index is 13.0. The van der Waals surface area contributed by atoms with Crippen molar-refractivity contribution in [2.45, 2.75) is 31.7 Å². The second-order valence-corrected chi connectivity index (χ2v) is 9.29. The molecule has 1 fully saturated rings. The van der Waals surface area contributed by atoms with Gasteiger partial charge in [-0.2, -0.15) is 4.80 Å². The topological polar surface area (TPSA) is 111 Å². The van der Waals surface area contributed by atoms with Crippen molar-refractivity contribution in [3.05, 3.63) is 70.8 Å². The van der Waals surface area contributed by atoms with E-state index in [4.69, 9.17) is 9.72 Å². The van der Waals surface area contributed by atoms with Crippen LogP contribution in [0.3, 0.4) is 0 Å². The van der Waals surface area contributed by atoms with Gasteiger partial charge in [-0.3, -0.25) is 14.8 Å². The van der Waals surface area contributed by atoms with Gasteiger partial charge in [0.2, 0.25) is 5.82 Å². The summed E-state index contributed by atoms with van der Waals surface area (Å²) >= 11 is 0. The van der Waals surface area contributed by atoms with E-state index in [1.54, 1.807) is 26.1 Å². The molecule has 0 atom stereocenters. The zero-order chi connectivity index (χ0) is 24.8. The largest absolute Gasteiger partial charge is 0.494 e. The molecule has 36 heavy (non-hydrogen) atoms. The number of nitrogens with one attached hydrogen (secondary N) is 1. The molecule has 4 heterocycles. The summed E-state index contributed by atoms with van der Waals surface area (Å²) in [5, 5.41) is 15.8. The van der Waals surface area contributed by atoms with E-state index in [0.29, 0.717) is 53.0 Å². The number of pyridine rings is 2. The quantitative estimate of drug-likeness (QED) is 0.426. The van der Waals surface area contributed by atoms with Gasteiger partial charge in [-0.25, -0.2) is 0 Å². The third-order valence-electron chi connectivity index (χ3n) is 6.59. The molecule has 10 nitrogen and oxygen atoms in total. The van der Waals surface area contributed by atoms with E-state index in [2.05, 4.69) is 37.8 Å². The minimum Gasteiger partial charge on any atom is -0.494 e. The molecule has 3 aromatic heterocycles. The van der Waals surface area contributed by atoms with Gasteiger partial charge in [-0.15, -0.1) is 10.2 Å². The van der Waals surface area contributed by atoms with Crippen molar-refractivity contribution in [1.82, 2.24) is 35.1 Å². The molecule has 1 N–H and O–H groups in total. The third-order valence-corrected chi connectivity index (χ3v) is 6.59. The molecule has 4 aromatic rings. The van der Waals surface area contributed by atoms with Crippen LogP contribution in [0.4, 0.5) is 11.4 Å². The zero-order valence-corrected chi connectivity index (χ0v) is 20.4. The number of fused-ring (bicyclic) bond motifs is 1. The van der Waals surface area contributed by atoms with Crippen LogP contribution in [0, 0.1) is 0 Å². The third kappa shape index (κ3) is 4.04. The normalized spacial score (nSPS) is 14.8. The number of ether oxygens (including phenoxy) is 1. The molecule has 0 spiro atoms. The molecule has 0 bridgehead atoms. The van der Waals surface area contributed by atoms with Crippen molar-refractivity contribution in [1.29, 1.82) is 0 Å². The van der Waals surface area contributed by atoms with Gasteiger partial charge in [-0.05, 0) is 53.8 Å². The highest BCUT2D eigenvalue weighted by molar-refractivity contribution is 6.03. The number of carbonyl (C=O) groups excluding carboxylic acids is 1. The molecule has 182 valence electrons. The molecule has 1 amide bonds. The lowest BCUT2D eigenvalue weighted by molar-refractivity contribution is 0.0817. The van der Waals surface area contributed by atoms with Crippen LogP contribution < -0.4 is 10.1 Å². The molecule has 1 aliphatic carbocycles. The Kier molecular flexibility index (Phi) is 5.36. The predicted molar refractivity (Wildman–Crippen MR) is 133 cm³/mol. The fourth-order valence-electron chi connectivity index (χ4n) is 4.64. The number of benzene rings is 1. The smallest absolute Gasteiger partial charge is 0.257 e. The number of carbonyl (C=O) groups is 1. The number of hydrogen-bond acceptors (Lipinski definition) is 8. The van der Waals surface area contributed by atoms with Crippen molar-refractivity contribution in [2.75, 3.05) is 19.5 Å². The van der Waals surface area contributed by atoms with Crippen molar-refractivity contribution in [3.63, 3.8) is 0 Å². The number of para-hydroxylation sites is 1. The van der Waals surface area contributed by atoms with E-state index in [-0.39, 0.29) is 5.91 Å². The number of rotatable bonds is 7. The number of tetrazole rings is 1. The lowest BCUT2D eigenvalue weighted by atomic mass is 10.1. The van der Waals surface area contributed by atoms with Crippen molar-refractivity contribution in [3.8, 4) is 17.1 Å². The minimum atomic E-state index is -0.0656. The molecular formula is C26H26N8O2. The first-order valence-corrected chi connectivity index (χ1v) is 11.9. The summed E-state index contributed by atoms with van der Waals surface area (Å²) in [5.41, 5.74) is 6.49. The Morgan fingerprint density at radius 1 is 1.11 bits per heavy atom. The van der Waals surface area contributed by atoms with Crippen molar-refractivity contribution in [2.24, 2.45) is 7.05 Å². The Bertz CT molecular complexity index is 1460. The van der Waals surface area contributed by atoms with Gasteiger partial charge in [0.05, 0.1) is 48.9 Å². The average molecular weight is 483 g/mol. The summed E-state index contributed by atoms with van der Waals surface area (Å²) in [4.78, 5) is 25.6. The number of anilines is 2. The Hall–Kier alpha value is -4.34. The first-order chi connectivity index (χ1) is 17.5. The Balaban J connectivity index is 1.37. The number of amides is 1. The molecule has 0 radical (unpaired) electrons. The zero-order valence-electron chi connectivity index (χ0n) is 20.4. The fraction of sp³-hybridized carbons (Fsp3) is 0.308. The summed E-state index contributed by atoms with van der Waals surface area (Å²) in [6, 6.07) is 11.8. The van der Waals surface area contributed by atoms with Crippen LogP contribution in [0.25, 0.3) is 11.4 Å². The van der Waals surface area contributed by atoms with E-state index in [1.807, 2.05) is 30.5 Å². The fourth-order valence-corrected chi connectivity index (χ4v) is 4.64. The van der Waals surface area contributed by atoms with Gasteiger partial charge < -0.3 is 15.0 Å². The summed E-state index contributed by atoms with van der Waals surface area (Å²) in [5.74, 6) is 1.62. The average Bonchev–Trinajstić information content (AvgIpc) is 3.57.